The Morgan fingerprint density at radius 1 is 1.24 bits per heavy atom. The number of H-pyrrole nitrogens is 1. The van der Waals surface area contributed by atoms with Gasteiger partial charge in [0.1, 0.15) is 11.4 Å². The number of anilines is 1. The quantitative estimate of drug-likeness (QED) is 0.258. The van der Waals surface area contributed by atoms with Gasteiger partial charge in [0.2, 0.25) is 0 Å². The fourth-order valence-corrected chi connectivity index (χ4v) is 5.03. The van der Waals surface area contributed by atoms with Crippen LogP contribution < -0.4 is 10.6 Å². The molecule has 222 valence electrons. The van der Waals surface area contributed by atoms with Crippen molar-refractivity contribution in [1.29, 1.82) is 0 Å². The van der Waals surface area contributed by atoms with E-state index >= 15 is 4.39 Å². The molecule has 4 aromatic rings. The molecule has 0 spiro atoms. The summed E-state index contributed by atoms with van der Waals surface area (Å²) in [6, 6.07) is 8.04. The highest BCUT2D eigenvalue weighted by atomic mass is 19.1. The van der Waals surface area contributed by atoms with Crippen molar-refractivity contribution in [2.45, 2.75) is 57.8 Å². The van der Waals surface area contributed by atoms with E-state index in [1.165, 1.54) is 26.0 Å². The van der Waals surface area contributed by atoms with Crippen molar-refractivity contribution < 1.29 is 23.6 Å². The molecule has 4 heterocycles. The number of aromatic amines is 1. The average Bonchev–Trinajstić information content (AvgIpc) is 3.61. The summed E-state index contributed by atoms with van der Waals surface area (Å²) < 4.78 is 20.3. The van der Waals surface area contributed by atoms with Crippen molar-refractivity contribution in [3.63, 3.8) is 0 Å². The Bertz CT molecular complexity index is 1610. The Hall–Kier alpha value is -4.52. The summed E-state index contributed by atoms with van der Waals surface area (Å²) in [4.78, 5) is 33.0. The Morgan fingerprint density at radius 3 is 2.71 bits per heavy atom. The molecule has 12 nitrogen and oxygen atoms in total. The molecule has 1 aromatic carbocycles. The number of benzene rings is 1. The van der Waals surface area contributed by atoms with Crippen LogP contribution in [-0.4, -0.2) is 79.9 Å². The molecule has 1 aliphatic rings. The van der Waals surface area contributed by atoms with Gasteiger partial charge in [-0.2, -0.15) is 5.10 Å². The number of fused-ring (bicyclic) bond motifs is 1. The largest absolute Gasteiger partial charge is 0.382 e. The first-order chi connectivity index (χ1) is 19.9. The van der Waals surface area contributed by atoms with Gasteiger partial charge < -0.3 is 30.1 Å². The number of rotatable bonds is 7. The molecule has 42 heavy (non-hydrogen) atoms. The number of carbonyl (C=O) groups excluding carboxylic acids is 2. The summed E-state index contributed by atoms with van der Waals surface area (Å²) in [6.07, 6.45) is 3.35. The molecule has 1 saturated heterocycles. The fraction of sp³-hybridized carbons (Fsp3) is 0.414. The van der Waals surface area contributed by atoms with Crippen LogP contribution in [-0.2, 0) is 12.1 Å². The van der Waals surface area contributed by atoms with Crippen molar-refractivity contribution in [2.75, 3.05) is 26.0 Å². The monoisotopic (exact) mass is 578 g/mol. The minimum absolute atomic E-state index is 0.00931. The number of nitrogens with one attached hydrogen (secondary N) is 3. The standard InChI is InChI=1S/C29H35FN8O4/c1-16-6-9-19(15-38(16)28(40)37(4)5)33-26-24-20(10-11-31-25(24)34-35-26)17-7-8-18(21(30)12-17)14-32-27(39)22-13-23(42-36-22)29(2,3)41/h7-8,10-13,16,19,41H,6,9,14-15H2,1-5H3,(H,32,39)(H2,31,33,34,35)/t16-,19+/m0/s1. The summed E-state index contributed by atoms with van der Waals surface area (Å²) >= 11 is 0. The maximum absolute atomic E-state index is 15.3. The number of hydrogen-bond acceptors (Lipinski definition) is 8. The fourth-order valence-electron chi connectivity index (χ4n) is 5.03. The second-order valence-corrected chi connectivity index (χ2v) is 11.4. The first-order valence-corrected chi connectivity index (χ1v) is 13.8. The molecule has 3 amide bonds. The first-order valence-electron chi connectivity index (χ1n) is 13.8. The number of pyridine rings is 1. The summed E-state index contributed by atoms with van der Waals surface area (Å²) in [6.45, 7) is 5.55. The topological polar surface area (TPSA) is 153 Å². The number of piperidine rings is 1. The summed E-state index contributed by atoms with van der Waals surface area (Å²) in [5.74, 6) is -0.310. The van der Waals surface area contributed by atoms with E-state index in [0.717, 1.165) is 23.8 Å². The lowest BCUT2D eigenvalue weighted by atomic mass is 9.98. The van der Waals surface area contributed by atoms with Crippen LogP contribution in [0.4, 0.5) is 15.0 Å². The van der Waals surface area contributed by atoms with Crippen LogP contribution >= 0.6 is 0 Å². The maximum atomic E-state index is 15.3. The van der Waals surface area contributed by atoms with E-state index in [9.17, 15) is 14.7 Å². The van der Waals surface area contributed by atoms with Crippen LogP contribution in [0.25, 0.3) is 22.2 Å². The normalized spacial score (nSPS) is 17.4. The average molecular weight is 579 g/mol. The van der Waals surface area contributed by atoms with Gasteiger partial charge in [-0.05, 0) is 56.9 Å². The Kier molecular flexibility index (Phi) is 7.87. The lowest BCUT2D eigenvalue weighted by Gasteiger charge is -2.39. The van der Waals surface area contributed by atoms with E-state index in [1.807, 2.05) is 4.90 Å². The molecule has 1 aliphatic heterocycles. The van der Waals surface area contributed by atoms with Gasteiger partial charge in [-0.1, -0.05) is 17.3 Å². The van der Waals surface area contributed by atoms with E-state index in [-0.39, 0.29) is 41.7 Å². The molecular formula is C29H35FN8O4. The molecule has 3 aromatic heterocycles. The maximum Gasteiger partial charge on any atom is 0.319 e. The van der Waals surface area contributed by atoms with Crippen LogP contribution in [0.1, 0.15) is 55.4 Å². The molecule has 0 aliphatic carbocycles. The zero-order valence-corrected chi connectivity index (χ0v) is 24.2. The number of amides is 3. The van der Waals surface area contributed by atoms with Crippen LogP contribution in [0.2, 0.25) is 0 Å². The van der Waals surface area contributed by atoms with Gasteiger partial charge in [0, 0.05) is 57.1 Å². The molecule has 0 saturated carbocycles. The van der Waals surface area contributed by atoms with Crippen molar-refractivity contribution in [3.8, 4) is 11.1 Å². The molecule has 0 unspecified atom stereocenters. The van der Waals surface area contributed by atoms with E-state index in [2.05, 4.69) is 37.9 Å². The number of carbonyl (C=O) groups is 2. The third-order valence-corrected chi connectivity index (χ3v) is 7.46. The third-order valence-electron chi connectivity index (χ3n) is 7.46. The highest BCUT2D eigenvalue weighted by Crippen LogP contribution is 2.33. The molecule has 13 heteroatoms. The zero-order valence-electron chi connectivity index (χ0n) is 24.2. The molecule has 0 radical (unpaired) electrons. The summed E-state index contributed by atoms with van der Waals surface area (Å²) in [5.41, 5.74) is 0.901. The van der Waals surface area contributed by atoms with Gasteiger partial charge in [-0.25, -0.2) is 14.2 Å². The Balaban J connectivity index is 1.33. The predicted molar refractivity (Wildman–Crippen MR) is 154 cm³/mol. The lowest BCUT2D eigenvalue weighted by Crippen LogP contribution is -2.52. The number of aliphatic hydroxyl groups is 1. The van der Waals surface area contributed by atoms with Gasteiger partial charge in [0.25, 0.3) is 5.91 Å². The molecule has 1 fully saturated rings. The van der Waals surface area contributed by atoms with Crippen molar-refractivity contribution >= 4 is 28.8 Å². The minimum atomic E-state index is -1.28. The van der Waals surface area contributed by atoms with Crippen molar-refractivity contribution in [3.05, 3.63) is 59.4 Å². The van der Waals surface area contributed by atoms with Crippen molar-refractivity contribution in [1.82, 2.24) is 35.5 Å². The highest BCUT2D eigenvalue weighted by molar-refractivity contribution is 6.00. The highest BCUT2D eigenvalue weighted by Gasteiger charge is 2.31. The number of aromatic nitrogens is 4. The number of hydrogen-bond donors (Lipinski definition) is 4. The Labute approximate surface area is 242 Å². The SMILES string of the molecule is C[C@H]1CC[C@@H](Nc2n[nH]c3nccc(-c4ccc(CNC(=O)c5cc(C(C)(C)O)on5)c(F)c4)c23)CN1C(=O)N(C)C. The van der Waals surface area contributed by atoms with E-state index < -0.39 is 17.3 Å². The van der Waals surface area contributed by atoms with Gasteiger partial charge in [0.05, 0.1) is 5.39 Å². The molecule has 0 bridgehead atoms. The van der Waals surface area contributed by atoms with E-state index in [4.69, 9.17) is 4.52 Å². The van der Waals surface area contributed by atoms with Gasteiger partial charge in [-0.3, -0.25) is 9.89 Å². The second-order valence-electron chi connectivity index (χ2n) is 11.4. The third kappa shape index (κ3) is 5.91. The van der Waals surface area contributed by atoms with E-state index in [0.29, 0.717) is 23.6 Å². The number of halogens is 1. The smallest absolute Gasteiger partial charge is 0.319 e. The predicted octanol–water partition coefficient (Wildman–Crippen LogP) is 3.86. The van der Waals surface area contributed by atoms with Gasteiger partial charge in [0.15, 0.2) is 22.9 Å². The zero-order chi connectivity index (χ0) is 30.2. The van der Waals surface area contributed by atoms with Gasteiger partial charge in [-0.15, -0.1) is 0 Å². The summed E-state index contributed by atoms with van der Waals surface area (Å²) in [5, 5.41) is 27.9. The lowest BCUT2D eigenvalue weighted by molar-refractivity contribution is 0.0474. The van der Waals surface area contributed by atoms with Crippen molar-refractivity contribution in [2.24, 2.45) is 0 Å². The molecule has 5 rings (SSSR count). The second kappa shape index (κ2) is 11.4. The first kappa shape index (κ1) is 29.0. The number of urea groups is 1. The molecule has 2 atom stereocenters. The van der Waals surface area contributed by atoms with Crippen LogP contribution in [0, 0.1) is 5.82 Å². The summed E-state index contributed by atoms with van der Waals surface area (Å²) in [7, 11) is 3.49. The van der Waals surface area contributed by atoms with Crippen LogP contribution in [0.5, 0.6) is 0 Å². The minimum Gasteiger partial charge on any atom is -0.382 e. The van der Waals surface area contributed by atoms with E-state index in [1.54, 1.807) is 43.4 Å². The van der Waals surface area contributed by atoms with Gasteiger partial charge >= 0.3 is 6.03 Å². The number of likely N-dealkylation sites (tertiary alicyclic amines) is 1. The molecular weight excluding hydrogens is 543 g/mol. The number of nitrogens with zero attached hydrogens (tertiary/aromatic N) is 5. The Morgan fingerprint density at radius 2 is 2.02 bits per heavy atom. The molecule has 4 N–H and O–H groups in total. The van der Waals surface area contributed by atoms with Crippen LogP contribution in [0.15, 0.2) is 41.1 Å². The van der Waals surface area contributed by atoms with Crippen LogP contribution in [0.3, 0.4) is 0 Å².